The SMILES string of the molecule is COC(=O)CN(Cc1cc(OC)cc(OC)c1)C(=O)c1sc(NC(=O)c2ccco2)cc1C. The average Bonchev–Trinajstić information content (AvgIpc) is 3.47. The van der Waals surface area contributed by atoms with Crippen LogP contribution < -0.4 is 14.8 Å². The monoisotopic (exact) mass is 472 g/mol. The minimum absolute atomic E-state index is 0.118. The molecule has 2 aromatic heterocycles. The Morgan fingerprint density at radius 3 is 2.33 bits per heavy atom. The number of hydrogen-bond donors (Lipinski definition) is 1. The molecule has 0 aliphatic rings. The maximum atomic E-state index is 13.4. The zero-order chi connectivity index (χ0) is 24.0. The number of thiophene rings is 1. The lowest BCUT2D eigenvalue weighted by atomic mass is 10.1. The van der Waals surface area contributed by atoms with Crippen LogP contribution in [0.5, 0.6) is 11.5 Å². The van der Waals surface area contributed by atoms with Gasteiger partial charge in [0.25, 0.3) is 11.8 Å². The lowest BCUT2D eigenvalue weighted by molar-refractivity contribution is -0.141. The van der Waals surface area contributed by atoms with Crippen LogP contribution >= 0.6 is 11.3 Å². The first-order valence-electron chi connectivity index (χ1n) is 9.88. The van der Waals surface area contributed by atoms with Gasteiger partial charge < -0.3 is 28.8 Å². The molecule has 0 radical (unpaired) electrons. The molecule has 3 aromatic rings. The van der Waals surface area contributed by atoms with E-state index in [1.54, 1.807) is 43.3 Å². The molecule has 0 atom stereocenters. The summed E-state index contributed by atoms with van der Waals surface area (Å²) in [4.78, 5) is 39.5. The van der Waals surface area contributed by atoms with Crippen molar-refractivity contribution in [3.05, 3.63) is 64.4 Å². The predicted molar refractivity (Wildman–Crippen MR) is 122 cm³/mol. The minimum atomic E-state index is -0.557. The van der Waals surface area contributed by atoms with Crippen molar-refractivity contribution >= 4 is 34.1 Å². The van der Waals surface area contributed by atoms with E-state index in [1.807, 2.05) is 0 Å². The van der Waals surface area contributed by atoms with E-state index in [1.165, 1.54) is 32.5 Å². The maximum absolute atomic E-state index is 13.4. The van der Waals surface area contributed by atoms with Gasteiger partial charge in [0, 0.05) is 12.6 Å². The second-order valence-corrected chi connectivity index (χ2v) is 8.06. The second-order valence-electron chi connectivity index (χ2n) is 7.01. The molecule has 0 saturated carbocycles. The smallest absolute Gasteiger partial charge is 0.325 e. The van der Waals surface area contributed by atoms with Crippen molar-refractivity contribution in [2.45, 2.75) is 13.5 Å². The Morgan fingerprint density at radius 2 is 1.76 bits per heavy atom. The van der Waals surface area contributed by atoms with E-state index in [2.05, 4.69) is 5.32 Å². The number of nitrogens with zero attached hydrogens (tertiary/aromatic N) is 1. The molecule has 0 bridgehead atoms. The molecule has 3 rings (SSSR count). The fourth-order valence-electron chi connectivity index (χ4n) is 3.08. The van der Waals surface area contributed by atoms with Gasteiger partial charge in [-0.25, -0.2) is 0 Å². The molecule has 10 heteroatoms. The van der Waals surface area contributed by atoms with Gasteiger partial charge in [-0.05, 0) is 48.4 Å². The van der Waals surface area contributed by atoms with Crippen molar-refractivity contribution < 1.29 is 33.0 Å². The van der Waals surface area contributed by atoms with Gasteiger partial charge >= 0.3 is 5.97 Å². The number of furan rings is 1. The minimum Gasteiger partial charge on any atom is -0.497 e. The van der Waals surface area contributed by atoms with Crippen LogP contribution in [0, 0.1) is 6.92 Å². The number of methoxy groups -OCH3 is 3. The molecular weight excluding hydrogens is 448 g/mol. The Hall–Kier alpha value is -3.79. The molecule has 0 aliphatic carbocycles. The normalized spacial score (nSPS) is 10.4. The van der Waals surface area contributed by atoms with Crippen LogP contribution in [-0.4, -0.2) is 50.6 Å². The summed E-state index contributed by atoms with van der Waals surface area (Å²) in [6.45, 7) is 1.63. The van der Waals surface area contributed by atoms with Gasteiger partial charge in [-0.1, -0.05) is 0 Å². The fraction of sp³-hybridized carbons (Fsp3) is 0.261. The number of rotatable bonds is 9. The zero-order valence-electron chi connectivity index (χ0n) is 18.7. The van der Waals surface area contributed by atoms with Gasteiger partial charge in [-0.15, -0.1) is 11.3 Å². The standard InChI is InChI=1S/C23H24N2O7S/c1-14-8-19(24-22(27)18-6-5-7-32-18)33-21(14)23(28)25(13-20(26)31-4)12-15-9-16(29-2)11-17(10-15)30-3/h5-11H,12-13H2,1-4H3,(H,24,27). The summed E-state index contributed by atoms with van der Waals surface area (Å²) in [5, 5.41) is 3.21. The van der Waals surface area contributed by atoms with Gasteiger partial charge in [0.2, 0.25) is 0 Å². The molecule has 2 heterocycles. The van der Waals surface area contributed by atoms with Crippen LogP contribution in [-0.2, 0) is 16.1 Å². The third-order valence-corrected chi connectivity index (χ3v) is 5.85. The Morgan fingerprint density at radius 1 is 1.06 bits per heavy atom. The lowest BCUT2D eigenvalue weighted by Crippen LogP contribution is -2.35. The van der Waals surface area contributed by atoms with E-state index in [-0.39, 0.29) is 24.8 Å². The van der Waals surface area contributed by atoms with Crippen molar-refractivity contribution in [3.8, 4) is 11.5 Å². The van der Waals surface area contributed by atoms with Gasteiger partial charge in [0.1, 0.15) is 18.0 Å². The van der Waals surface area contributed by atoms with E-state index in [0.29, 0.717) is 32.5 Å². The number of carbonyl (C=O) groups is 3. The molecule has 0 unspecified atom stereocenters. The average molecular weight is 473 g/mol. The van der Waals surface area contributed by atoms with Crippen LogP contribution in [0.1, 0.15) is 31.4 Å². The third kappa shape index (κ3) is 5.92. The summed E-state index contributed by atoms with van der Waals surface area (Å²) in [6.07, 6.45) is 1.40. The highest BCUT2D eigenvalue weighted by atomic mass is 32.1. The molecule has 0 saturated heterocycles. The van der Waals surface area contributed by atoms with Crippen LogP contribution in [0.2, 0.25) is 0 Å². The number of ether oxygens (including phenoxy) is 3. The summed E-state index contributed by atoms with van der Waals surface area (Å²) in [5.74, 6) is -0.0691. The highest BCUT2D eigenvalue weighted by Gasteiger charge is 2.24. The number of esters is 1. The van der Waals surface area contributed by atoms with E-state index >= 15 is 0 Å². The first-order chi connectivity index (χ1) is 15.8. The number of nitrogens with one attached hydrogen (secondary N) is 1. The highest BCUT2D eigenvalue weighted by molar-refractivity contribution is 7.18. The molecule has 0 aliphatic heterocycles. The fourth-order valence-corrected chi connectivity index (χ4v) is 4.11. The number of benzene rings is 1. The van der Waals surface area contributed by atoms with Crippen molar-refractivity contribution in [2.24, 2.45) is 0 Å². The summed E-state index contributed by atoms with van der Waals surface area (Å²) in [6, 6.07) is 10.1. The third-order valence-electron chi connectivity index (χ3n) is 4.71. The van der Waals surface area contributed by atoms with Crippen molar-refractivity contribution in [1.82, 2.24) is 4.90 Å². The molecule has 1 aromatic carbocycles. The van der Waals surface area contributed by atoms with Gasteiger partial charge in [0.15, 0.2) is 5.76 Å². The topological polar surface area (TPSA) is 107 Å². The van der Waals surface area contributed by atoms with Crippen molar-refractivity contribution in [1.29, 1.82) is 0 Å². The van der Waals surface area contributed by atoms with Crippen LogP contribution in [0.25, 0.3) is 0 Å². The summed E-state index contributed by atoms with van der Waals surface area (Å²) in [5.41, 5.74) is 1.38. The summed E-state index contributed by atoms with van der Waals surface area (Å²) in [7, 11) is 4.32. The van der Waals surface area contributed by atoms with Gasteiger partial charge in [0.05, 0.1) is 37.5 Å². The summed E-state index contributed by atoms with van der Waals surface area (Å²) >= 11 is 1.12. The number of anilines is 1. The molecule has 1 N–H and O–H groups in total. The first-order valence-corrected chi connectivity index (χ1v) is 10.7. The molecule has 2 amide bonds. The molecule has 174 valence electrons. The molecule has 0 fully saturated rings. The van der Waals surface area contributed by atoms with Crippen LogP contribution in [0.3, 0.4) is 0 Å². The Labute approximate surface area is 194 Å². The van der Waals surface area contributed by atoms with Crippen LogP contribution in [0.4, 0.5) is 5.00 Å². The highest BCUT2D eigenvalue weighted by Crippen LogP contribution is 2.30. The van der Waals surface area contributed by atoms with Crippen molar-refractivity contribution in [3.63, 3.8) is 0 Å². The van der Waals surface area contributed by atoms with E-state index in [9.17, 15) is 14.4 Å². The number of hydrogen-bond acceptors (Lipinski definition) is 8. The zero-order valence-corrected chi connectivity index (χ0v) is 19.5. The molecule has 33 heavy (non-hydrogen) atoms. The number of carbonyl (C=O) groups excluding carboxylic acids is 3. The largest absolute Gasteiger partial charge is 0.497 e. The lowest BCUT2D eigenvalue weighted by Gasteiger charge is -2.22. The molecular formula is C23H24N2O7S. The quantitative estimate of drug-likeness (QED) is 0.473. The predicted octanol–water partition coefficient (Wildman–Crippen LogP) is 3.73. The van der Waals surface area contributed by atoms with Crippen LogP contribution in [0.15, 0.2) is 47.1 Å². The number of aryl methyl sites for hydroxylation is 1. The van der Waals surface area contributed by atoms with E-state index < -0.39 is 11.9 Å². The molecule has 9 nitrogen and oxygen atoms in total. The number of amides is 2. The van der Waals surface area contributed by atoms with E-state index in [4.69, 9.17) is 18.6 Å². The molecule has 0 spiro atoms. The first kappa shape index (κ1) is 23.9. The van der Waals surface area contributed by atoms with Gasteiger partial charge in [-0.3, -0.25) is 14.4 Å². The Kier molecular flexibility index (Phi) is 7.73. The van der Waals surface area contributed by atoms with Crippen molar-refractivity contribution in [2.75, 3.05) is 33.2 Å². The Bertz CT molecular complexity index is 1120. The van der Waals surface area contributed by atoms with E-state index in [0.717, 1.165) is 11.3 Å². The second kappa shape index (κ2) is 10.7. The summed E-state index contributed by atoms with van der Waals surface area (Å²) < 4.78 is 20.5. The maximum Gasteiger partial charge on any atom is 0.325 e. The van der Waals surface area contributed by atoms with Gasteiger partial charge in [-0.2, -0.15) is 0 Å². The Balaban J connectivity index is 1.85.